The molecule has 5 nitrogen and oxygen atoms in total. The van der Waals surface area contributed by atoms with E-state index in [0.29, 0.717) is 31.5 Å². The molecule has 1 aromatic carbocycles. The third-order valence-electron chi connectivity index (χ3n) is 5.78. The lowest BCUT2D eigenvalue weighted by Crippen LogP contribution is -2.50. The minimum Gasteiger partial charge on any atom is -0.444 e. The van der Waals surface area contributed by atoms with Gasteiger partial charge in [-0.2, -0.15) is 0 Å². The van der Waals surface area contributed by atoms with E-state index < -0.39 is 21.3 Å². The zero-order valence-electron chi connectivity index (χ0n) is 18.3. The van der Waals surface area contributed by atoms with E-state index in [-0.39, 0.29) is 23.4 Å². The Bertz CT molecular complexity index is 805. The Morgan fingerprint density at radius 3 is 2.38 bits per heavy atom. The standard InChI is InChI=1S/C22H33FN2O3S/c1-20(2,3)28-19(26)25-12-10-22(11-13-25)14-15-8-7-9-16(23)17(15)18(22)24-29(27)21(4,5)6/h7-9,18,24H,10-14H2,1-6H3/t18-,29-/m1/s1. The molecule has 0 unspecified atom stereocenters. The number of hydrogen-bond donors (Lipinski definition) is 1. The summed E-state index contributed by atoms with van der Waals surface area (Å²) in [5.74, 6) is -0.252. The second-order valence-corrected chi connectivity index (χ2v) is 12.2. The molecule has 0 radical (unpaired) electrons. The molecule has 162 valence electrons. The fraction of sp³-hybridized carbons (Fsp3) is 0.682. The van der Waals surface area contributed by atoms with Gasteiger partial charge in [0.25, 0.3) is 0 Å². The van der Waals surface area contributed by atoms with E-state index in [0.717, 1.165) is 12.0 Å². The molecule has 1 spiro atoms. The normalized spacial score (nSPS) is 22.4. The third-order valence-corrected chi connectivity index (χ3v) is 7.34. The first-order chi connectivity index (χ1) is 13.3. The summed E-state index contributed by atoms with van der Waals surface area (Å²) in [5, 5.41) is 0. The summed E-state index contributed by atoms with van der Waals surface area (Å²) in [5.41, 5.74) is 0.811. The van der Waals surface area contributed by atoms with Crippen molar-refractivity contribution in [1.82, 2.24) is 9.62 Å². The van der Waals surface area contributed by atoms with Crippen LogP contribution in [0, 0.1) is 11.2 Å². The fourth-order valence-electron chi connectivity index (χ4n) is 4.24. The number of carbonyl (C=O) groups is 1. The number of likely N-dealkylation sites (tertiary alicyclic amines) is 1. The number of benzene rings is 1. The lowest BCUT2D eigenvalue weighted by atomic mass is 9.73. The Hall–Kier alpha value is -1.47. The van der Waals surface area contributed by atoms with E-state index in [1.807, 2.05) is 47.6 Å². The zero-order chi connectivity index (χ0) is 21.6. The van der Waals surface area contributed by atoms with Crippen LogP contribution in [0.2, 0.25) is 0 Å². The van der Waals surface area contributed by atoms with Crippen LogP contribution in [-0.4, -0.2) is 38.6 Å². The Balaban J connectivity index is 1.84. The van der Waals surface area contributed by atoms with Crippen LogP contribution in [0.5, 0.6) is 0 Å². The molecule has 0 bridgehead atoms. The van der Waals surface area contributed by atoms with Gasteiger partial charge in [0, 0.05) is 18.7 Å². The Morgan fingerprint density at radius 1 is 1.21 bits per heavy atom. The van der Waals surface area contributed by atoms with Crippen molar-refractivity contribution in [1.29, 1.82) is 0 Å². The number of rotatable bonds is 2. The number of nitrogens with one attached hydrogen (secondary N) is 1. The second-order valence-electron chi connectivity index (χ2n) is 10.3. The quantitative estimate of drug-likeness (QED) is 0.761. The van der Waals surface area contributed by atoms with E-state index >= 15 is 0 Å². The summed E-state index contributed by atoms with van der Waals surface area (Å²) in [6, 6.07) is 4.84. The van der Waals surface area contributed by atoms with Gasteiger partial charge in [-0.1, -0.05) is 12.1 Å². The molecule has 1 aliphatic carbocycles. The smallest absolute Gasteiger partial charge is 0.410 e. The number of halogens is 1. The van der Waals surface area contributed by atoms with Crippen molar-refractivity contribution in [2.75, 3.05) is 13.1 Å². The highest BCUT2D eigenvalue weighted by atomic mass is 32.2. The number of carbonyl (C=O) groups excluding carboxylic acids is 1. The molecule has 29 heavy (non-hydrogen) atoms. The summed E-state index contributed by atoms with van der Waals surface area (Å²) in [6.45, 7) is 12.4. The van der Waals surface area contributed by atoms with E-state index in [4.69, 9.17) is 4.74 Å². The highest BCUT2D eigenvalue weighted by molar-refractivity contribution is 7.84. The van der Waals surface area contributed by atoms with Crippen molar-refractivity contribution in [2.45, 2.75) is 77.2 Å². The van der Waals surface area contributed by atoms with E-state index in [1.54, 1.807) is 11.0 Å². The fourth-order valence-corrected chi connectivity index (χ4v) is 5.18. The lowest BCUT2D eigenvalue weighted by Gasteiger charge is -2.44. The first-order valence-corrected chi connectivity index (χ1v) is 11.4. The number of piperidine rings is 1. The van der Waals surface area contributed by atoms with Crippen LogP contribution < -0.4 is 4.72 Å². The average Bonchev–Trinajstić information content (AvgIpc) is 2.87. The van der Waals surface area contributed by atoms with Crippen molar-refractivity contribution in [3.63, 3.8) is 0 Å². The molecule has 1 N–H and O–H groups in total. The summed E-state index contributed by atoms with van der Waals surface area (Å²) in [6.07, 6.45) is 1.83. The average molecular weight is 425 g/mol. The minimum absolute atomic E-state index is 0.252. The molecule has 1 fully saturated rings. The second kappa shape index (κ2) is 7.65. The highest BCUT2D eigenvalue weighted by Crippen LogP contribution is 2.53. The van der Waals surface area contributed by atoms with Gasteiger partial charge in [0.2, 0.25) is 0 Å². The molecule has 2 aliphatic rings. The molecule has 1 aliphatic heterocycles. The van der Waals surface area contributed by atoms with Crippen LogP contribution in [-0.2, 0) is 22.1 Å². The topological polar surface area (TPSA) is 58.6 Å². The first-order valence-electron chi connectivity index (χ1n) is 10.3. The van der Waals surface area contributed by atoms with Crippen LogP contribution in [0.1, 0.15) is 71.6 Å². The number of amides is 1. The predicted octanol–water partition coefficient (Wildman–Crippen LogP) is 4.49. The number of ether oxygens (including phenoxy) is 1. The van der Waals surface area contributed by atoms with Gasteiger partial charge in [-0.15, -0.1) is 0 Å². The first kappa shape index (κ1) is 22.2. The molecule has 1 saturated heterocycles. The van der Waals surface area contributed by atoms with E-state index in [9.17, 15) is 13.4 Å². The maximum absolute atomic E-state index is 14.8. The molecule has 0 saturated carbocycles. The molecule has 3 rings (SSSR count). The van der Waals surface area contributed by atoms with Crippen molar-refractivity contribution in [3.05, 3.63) is 35.1 Å². The number of nitrogens with zero attached hydrogens (tertiary/aromatic N) is 1. The van der Waals surface area contributed by atoms with Gasteiger partial charge in [-0.25, -0.2) is 18.1 Å². The molecule has 1 heterocycles. The predicted molar refractivity (Wildman–Crippen MR) is 113 cm³/mol. The molecule has 1 aromatic rings. The SMILES string of the molecule is CC(C)(C)OC(=O)N1CCC2(CC1)Cc1cccc(F)c1[C@H]2N[S@](=O)C(C)(C)C. The zero-order valence-corrected chi connectivity index (χ0v) is 19.1. The van der Waals surface area contributed by atoms with Gasteiger partial charge >= 0.3 is 6.09 Å². The summed E-state index contributed by atoms with van der Waals surface area (Å²) in [7, 11) is -1.32. The van der Waals surface area contributed by atoms with Gasteiger partial charge in [0.15, 0.2) is 0 Å². The van der Waals surface area contributed by atoms with Crippen molar-refractivity contribution >= 4 is 17.1 Å². The minimum atomic E-state index is -1.32. The molecule has 0 aromatic heterocycles. The van der Waals surface area contributed by atoms with Crippen molar-refractivity contribution < 1.29 is 18.1 Å². The maximum atomic E-state index is 14.8. The maximum Gasteiger partial charge on any atom is 0.410 e. The molecular weight excluding hydrogens is 391 g/mol. The van der Waals surface area contributed by atoms with Crippen molar-refractivity contribution in [2.24, 2.45) is 5.41 Å². The Labute approximate surface area is 176 Å². The number of hydrogen-bond acceptors (Lipinski definition) is 3. The molecule has 7 heteroatoms. The molecular formula is C22H33FN2O3S. The molecule has 2 atom stereocenters. The van der Waals surface area contributed by atoms with E-state index in [1.165, 1.54) is 6.07 Å². The highest BCUT2D eigenvalue weighted by Gasteiger charge is 2.50. The van der Waals surface area contributed by atoms with Crippen LogP contribution in [0.4, 0.5) is 9.18 Å². The Morgan fingerprint density at radius 2 is 1.83 bits per heavy atom. The summed E-state index contributed by atoms with van der Waals surface area (Å²) in [4.78, 5) is 14.2. The van der Waals surface area contributed by atoms with Gasteiger partial charge in [-0.05, 0) is 77.8 Å². The van der Waals surface area contributed by atoms with Crippen LogP contribution in [0.25, 0.3) is 0 Å². The van der Waals surface area contributed by atoms with Crippen LogP contribution in [0.3, 0.4) is 0 Å². The monoisotopic (exact) mass is 424 g/mol. The van der Waals surface area contributed by atoms with Gasteiger partial charge in [0.1, 0.15) is 11.4 Å². The number of fused-ring (bicyclic) bond motifs is 1. The third kappa shape index (κ3) is 4.66. The largest absolute Gasteiger partial charge is 0.444 e. The van der Waals surface area contributed by atoms with E-state index in [2.05, 4.69) is 4.72 Å². The van der Waals surface area contributed by atoms with Crippen LogP contribution in [0.15, 0.2) is 18.2 Å². The van der Waals surface area contributed by atoms with Gasteiger partial charge in [0.05, 0.1) is 21.8 Å². The van der Waals surface area contributed by atoms with Gasteiger partial charge in [-0.3, -0.25) is 0 Å². The summed E-state index contributed by atoms with van der Waals surface area (Å²) < 4.78 is 36.0. The van der Waals surface area contributed by atoms with Crippen LogP contribution >= 0.6 is 0 Å². The Kier molecular flexibility index (Phi) is 5.86. The lowest BCUT2D eigenvalue weighted by molar-refractivity contribution is 0.00713. The molecule has 1 amide bonds. The summed E-state index contributed by atoms with van der Waals surface area (Å²) >= 11 is 0. The van der Waals surface area contributed by atoms with Gasteiger partial charge < -0.3 is 9.64 Å². The van der Waals surface area contributed by atoms with Crippen molar-refractivity contribution in [3.8, 4) is 0 Å².